The molecule has 0 bridgehead atoms. The van der Waals surface area contributed by atoms with Crippen LogP contribution in [0, 0.1) is 5.92 Å². The Labute approximate surface area is 245 Å². The molecule has 0 fully saturated rings. The number of ether oxygens (including phenoxy) is 2. The summed E-state index contributed by atoms with van der Waals surface area (Å²) >= 11 is 0. The third-order valence-corrected chi connectivity index (χ3v) is 7.26. The zero-order chi connectivity index (χ0) is 30.2. The van der Waals surface area contributed by atoms with E-state index in [-0.39, 0.29) is 43.3 Å². The molecule has 42 heavy (non-hydrogen) atoms. The quantitative estimate of drug-likeness (QED) is 0.373. The third kappa shape index (κ3) is 7.55. The molecule has 11 nitrogen and oxygen atoms in total. The van der Waals surface area contributed by atoms with Crippen molar-refractivity contribution < 1.29 is 29.0 Å². The molecular weight excluding hydrogens is 538 g/mol. The van der Waals surface area contributed by atoms with E-state index in [4.69, 9.17) is 9.47 Å². The topological polar surface area (TPSA) is 133 Å². The number of pyridine rings is 1. The van der Waals surface area contributed by atoms with Crippen LogP contribution in [0.3, 0.4) is 0 Å². The first-order chi connectivity index (χ1) is 20.2. The minimum atomic E-state index is -0.480. The van der Waals surface area contributed by atoms with Crippen molar-refractivity contribution in [1.29, 1.82) is 0 Å². The lowest BCUT2D eigenvalue weighted by atomic mass is 10.0. The Bertz CT molecular complexity index is 1380. The van der Waals surface area contributed by atoms with Gasteiger partial charge in [0.15, 0.2) is 0 Å². The van der Waals surface area contributed by atoms with Gasteiger partial charge in [-0.25, -0.2) is 4.79 Å². The van der Waals surface area contributed by atoms with Gasteiger partial charge >= 0.3 is 6.03 Å². The number of nitrogens with zero attached hydrogens (tertiary/aromatic N) is 3. The predicted octanol–water partition coefficient (Wildman–Crippen LogP) is 3.66. The summed E-state index contributed by atoms with van der Waals surface area (Å²) in [5, 5.41) is 15.6. The van der Waals surface area contributed by atoms with Crippen LogP contribution in [0.15, 0.2) is 67.0 Å². The van der Waals surface area contributed by atoms with Crippen LogP contribution in [0.4, 0.5) is 16.2 Å². The standard InChI is InChI=1S/C31H37N5O6/c1-20-17-36(21(2)19-37)29(38)16-23-15-25(33-30(39)22-11-13-32-14-12-22)7-10-27(23)42-28(20)18-35(3)31(40)34-24-5-8-26(41-4)9-6-24/h5-15,20-21,28,37H,16-19H2,1-4H3,(H,33,39)(H,34,40)/t20-,21-,28+/m1/s1. The molecule has 3 atom stereocenters. The van der Waals surface area contributed by atoms with E-state index in [0.29, 0.717) is 40.5 Å². The normalized spacial score (nSPS) is 17.5. The van der Waals surface area contributed by atoms with Crippen LogP contribution < -0.4 is 20.1 Å². The largest absolute Gasteiger partial charge is 0.497 e. The predicted molar refractivity (Wildman–Crippen MR) is 159 cm³/mol. The van der Waals surface area contributed by atoms with E-state index < -0.39 is 12.1 Å². The summed E-state index contributed by atoms with van der Waals surface area (Å²) < 4.78 is 11.7. The van der Waals surface area contributed by atoms with Gasteiger partial charge in [-0.15, -0.1) is 0 Å². The molecular formula is C31H37N5O6. The summed E-state index contributed by atoms with van der Waals surface area (Å²) in [6.45, 7) is 4.12. The second kappa shape index (κ2) is 13.8. The zero-order valence-electron chi connectivity index (χ0n) is 24.2. The van der Waals surface area contributed by atoms with Gasteiger partial charge in [0.05, 0.1) is 32.7 Å². The molecule has 0 saturated carbocycles. The number of hydrogen-bond acceptors (Lipinski definition) is 7. The van der Waals surface area contributed by atoms with Gasteiger partial charge in [0.2, 0.25) is 5.91 Å². The van der Waals surface area contributed by atoms with E-state index in [1.807, 2.05) is 6.92 Å². The van der Waals surface area contributed by atoms with Gasteiger partial charge in [-0.3, -0.25) is 14.6 Å². The number of anilines is 2. The molecule has 1 aliphatic heterocycles. The van der Waals surface area contributed by atoms with Crippen molar-refractivity contribution >= 4 is 29.2 Å². The van der Waals surface area contributed by atoms with Crippen molar-refractivity contribution in [2.75, 3.05) is 44.5 Å². The van der Waals surface area contributed by atoms with Crippen LogP contribution in [-0.2, 0) is 11.2 Å². The van der Waals surface area contributed by atoms with Gasteiger partial charge in [-0.1, -0.05) is 6.92 Å². The summed E-state index contributed by atoms with van der Waals surface area (Å²) in [5.41, 5.74) is 2.17. The molecule has 3 N–H and O–H groups in total. The average molecular weight is 576 g/mol. The Hall–Kier alpha value is -4.64. The molecule has 0 spiro atoms. The maximum atomic E-state index is 13.5. The third-order valence-electron chi connectivity index (χ3n) is 7.26. The molecule has 0 saturated heterocycles. The van der Waals surface area contributed by atoms with E-state index in [0.717, 1.165) is 0 Å². The summed E-state index contributed by atoms with van der Waals surface area (Å²) in [6, 6.07) is 14.7. The summed E-state index contributed by atoms with van der Waals surface area (Å²) in [4.78, 5) is 46.3. The number of methoxy groups -OCH3 is 1. The number of carbonyl (C=O) groups is 3. The summed E-state index contributed by atoms with van der Waals surface area (Å²) in [6.07, 6.45) is 2.62. The lowest BCUT2D eigenvalue weighted by molar-refractivity contribution is -0.134. The molecule has 2 heterocycles. The Morgan fingerprint density at radius 3 is 2.48 bits per heavy atom. The number of aromatic nitrogens is 1. The fraction of sp³-hybridized carbons (Fsp3) is 0.355. The van der Waals surface area contributed by atoms with E-state index in [1.165, 1.54) is 17.3 Å². The van der Waals surface area contributed by atoms with Gasteiger partial charge in [0, 0.05) is 54.4 Å². The number of aliphatic hydroxyl groups is 1. The molecule has 0 unspecified atom stereocenters. The highest BCUT2D eigenvalue weighted by Crippen LogP contribution is 2.29. The Kier molecular flexibility index (Phi) is 9.98. The van der Waals surface area contributed by atoms with Crippen LogP contribution in [0.25, 0.3) is 0 Å². The van der Waals surface area contributed by atoms with Gasteiger partial charge in [-0.05, 0) is 61.5 Å². The lowest BCUT2D eigenvalue weighted by Gasteiger charge is -2.34. The van der Waals surface area contributed by atoms with Crippen LogP contribution in [0.2, 0.25) is 0 Å². The molecule has 3 aromatic rings. The first kappa shape index (κ1) is 30.3. The summed E-state index contributed by atoms with van der Waals surface area (Å²) in [7, 11) is 3.26. The van der Waals surface area contributed by atoms with Crippen molar-refractivity contribution in [2.45, 2.75) is 32.4 Å². The van der Waals surface area contributed by atoms with Crippen molar-refractivity contribution in [1.82, 2.24) is 14.8 Å². The highest BCUT2D eigenvalue weighted by atomic mass is 16.5. The van der Waals surface area contributed by atoms with Crippen LogP contribution in [-0.4, -0.2) is 83.7 Å². The number of carbonyl (C=O) groups excluding carboxylic acids is 3. The fourth-order valence-electron chi connectivity index (χ4n) is 4.68. The number of urea groups is 1. The highest BCUT2D eigenvalue weighted by Gasteiger charge is 2.32. The van der Waals surface area contributed by atoms with Crippen LogP contribution >= 0.6 is 0 Å². The molecule has 0 aliphatic carbocycles. The molecule has 0 radical (unpaired) electrons. The van der Waals surface area contributed by atoms with E-state index >= 15 is 0 Å². The SMILES string of the molecule is COc1ccc(NC(=O)N(C)C[C@@H]2Oc3ccc(NC(=O)c4ccncc4)cc3CC(=O)N([C@H](C)CO)C[C@H]2C)cc1. The Morgan fingerprint density at radius 2 is 1.81 bits per heavy atom. The number of fused-ring (bicyclic) bond motifs is 1. The first-order valence-corrected chi connectivity index (χ1v) is 13.8. The van der Waals surface area contributed by atoms with Crippen LogP contribution in [0.1, 0.15) is 29.8 Å². The molecule has 4 amide bonds. The van der Waals surface area contributed by atoms with Crippen molar-refractivity contribution in [3.8, 4) is 11.5 Å². The number of aliphatic hydroxyl groups excluding tert-OH is 1. The Balaban J connectivity index is 1.57. The Morgan fingerprint density at radius 1 is 1.12 bits per heavy atom. The zero-order valence-corrected chi connectivity index (χ0v) is 24.2. The average Bonchev–Trinajstić information content (AvgIpc) is 3.04. The molecule has 1 aromatic heterocycles. The monoisotopic (exact) mass is 575 g/mol. The maximum Gasteiger partial charge on any atom is 0.321 e. The minimum absolute atomic E-state index is 0.0197. The number of rotatable bonds is 8. The maximum absolute atomic E-state index is 13.5. The molecule has 1 aliphatic rings. The summed E-state index contributed by atoms with van der Waals surface area (Å²) in [5.74, 6) is 0.515. The molecule has 4 rings (SSSR count). The van der Waals surface area contributed by atoms with Gasteiger partial charge in [0.25, 0.3) is 5.91 Å². The van der Waals surface area contributed by atoms with E-state index in [2.05, 4.69) is 15.6 Å². The fourth-order valence-corrected chi connectivity index (χ4v) is 4.68. The number of likely N-dealkylation sites (N-methyl/N-ethyl adjacent to an activating group) is 1. The van der Waals surface area contributed by atoms with Crippen molar-refractivity contribution in [3.63, 3.8) is 0 Å². The molecule has 222 valence electrons. The highest BCUT2D eigenvalue weighted by molar-refractivity contribution is 6.04. The number of hydrogen-bond donors (Lipinski definition) is 3. The smallest absolute Gasteiger partial charge is 0.321 e. The minimum Gasteiger partial charge on any atom is -0.497 e. The van der Waals surface area contributed by atoms with Gasteiger partial charge < -0.3 is 35.0 Å². The van der Waals surface area contributed by atoms with E-state index in [9.17, 15) is 19.5 Å². The van der Waals surface area contributed by atoms with Gasteiger partial charge in [0.1, 0.15) is 17.6 Å². The van der Waals surface area contributed by atoms with Crippen LogP contribution in [0.5, 0.6) is 11.5 Å². The number of amides is 4. The van der Waals surface area contributed by atoms with E-state index in [1.54, 1.807) is 80.6 Å². The van der Waals surface area contributed by atoms with Gasteiger partial charge in [-0.2, -0.15) is 0 Å². The number of benzene rings is 2. The second-order valence-corrected chi connectivity index (χ2v) is 10.4. The molecule has 2 aromatic carbocycles. The second-order valence-electron chi connectivity index (χ2n) is 10.4. The first-order valence-electron chi connectivity index (χ1n) is 13.8. The van der Waals surface area contributed by atoms with Crippen molar-refractivity contribution in [3.05, 3.63) is 78.1 Å². The van der Waals surface area contributed by atoms with Crippen molar-refractivity contribution in [2.24, 2.45) is 5.92 Å². The number of nitrogens with one attached hydrogen (secondary N) is 2. The lowest BCUT2D eigenvalue weighted by Crippen LogP contribution is -2.48. The molecule has 11 heteroatoms.